The van der Waals surface area contributed by atoms with Crippen molar-refractivity contribution in [2.24, 2.45) is 9.63 Å². The van der Waals surface area contributed by atoms with E-state index < -0.39 is 16.3 Å². The van der Waals surface area contributed by atoms with E-state index in [2.05, 4.69) is 9.63 Å². The molecule has 0 aliphatic rings. The summed E-state index contributed by atoms with van der Waals surface area (Å²) in [4.78, 5) is 10.8. The average Bonchev–Trinajstić information content (AvgIpc) is 2.33. The van der Waals surface area contributed by atoms with E-state index in [1.807, 2.05) is 0 Å². The maximum atomic E-state index is 10.8. The minimum atomic E-state index is -4.91. The smallest absolute Gasteiger partial charge is 0.728 e. The predicted octanol–water partition coefficient (Wildman–Crippen LogP) is -5.83. The molecule has 0 aliphatic carbocycles. The van der Waals surface area contributed by atoms with Crippen molar-refractivity contribution in [3.8, 4) is 0 Å². The number of nitrogens with zero attached hydrogens (tertiary/aromatic N) is 2. The monoisotopic (exact) mass is 328 g/mol. The number of hydrogen-bond donors (Lipinski definition) is 0. The molecule has 0 aliphatic heterocycles. The van der Waals surface area contributed by atoms with Crippen molar-refractivity contribution in [2.45, 2.75) is 13.3 Å². The van der Waals surface area contributed by atoms with Crippen molar-refractivity contribution >= 4 is 16.3 Å². The summed E-state index contributed by atoms with van der Waals surface area (Å²) in [5.74, 6) is -1.51. The zero-order chi connectivity index (χ0) is 14.5. The summed E-state index contributed by atoms with van der Waals surface area (Å²) in [6, 6.07) is 8.61. The summed E-state index contributed by atoms with van der Waals surface area (Å²) in [5.41, 5.74) is 0.266. The minimum absolute atomic E-state index is 0. The second kappa shape index (κ2) is 10.6. The molecule has 21 heavy (non-hydrogen) atoms. The van der Waals surface area contributed by atoms with Gasteiger partial charge in [0.2, 0.25) is 10.3 Å². The molecule has 0 aromatic heterocycles. The second-order valence-corrected chi connectivity index (χ2v) is 4.65. The molecule has 10 heteroatoms. The number of hydrogen-bond acceptors (Lipinski definition) is 6. The topological polar surface area (TPSA) is 122 Å². The van der Waals surface area contributed by atoms with Crippen molar-refractivity contribution in [3.63, 3.8) is 0 Å². The van der Waals surface area contributed by atoms with E-state index in [0.717, 1.165) is 0 Å². The third-order valence-electron chi connectivity index (χ3n) is 2.21. The molecule has 0 spiro atoms. The molecule has 102 valence electrons. The molecular formula is C11H10N2Na2O5S. The van der Waals surface area contributed by atoms with Crippen LogP contribution in [0.4, 0.5) is 0 Å². The molecule has 1 aromatic carbocycles. The second-order valence-electron chi connectivity index (χ2n) is 3.63. The Morgan fingerprint density at radius 1 is 1.19 bits per heavy atom. The van der Waals surface area contributed by atoms with E-state index in [-0.39, 0.29) is 76.8 Å². The van der Waals surface area contributed by atoms with Gasteiger partial charge in [-0.2, -0.15) is 0 Å². The Hall–Kier alpha value is -0.0600. The number of aliphatic carboxylic acids is 1. The van der Waals surface area contributed by atoms with Gasteiger partial charge in [0.05, 0.1) is 11.7 Å². The molecule has 0 unspecified atom stereocenters. The van der Waals surface area contributed by atoms with E-state index in [0.29, 0.717) is 5.56 Å². The zero-order valence-corrected chi connectivity index (χ0v) is 16.8. The third-order valence-corrected chi connectivity index (χ3v) is 2.50. The van der Waals surface area contributed by atoms with Crippen LogP contribution in [-0.4, -0.2) is 18.9 Å². The fourth-order valence-electron chi connectivity index (χ4n) is 1.25. The molecule has 0 bridgehead atoms. The fourth-order valence-corrected chi connectivity index (χ4v) is 1.45. The first-order chi connectivity index (χ1) is 8.79. The van der Waals surface area contributed by atoms with Gasteiger partial charge < -0.3 is 14.5 Å². The first-order valence-corrected chi connectivity index (χ1v) is 6.50. The quantitative estimate of drug-likeness (QED) is 0.231. The van der Waals surface area contributed by atoms with Crippen molar-refractivity contribution in [1.82, 2.24) is 0 Å². The van der Waals surface area contributed by atoms with Gasteiger partial charge in [0.1, 0.15) is 0 Å². The maximum absolute atomic E-state index is 10.8. The summed E-state index contributed by atoms with van der Waals surface area (Å²) in [6.45, 7) is 1.20. The number of carbonyl (C=O) groups excluding carboxylic acids is 1. The first kappa shape index (κ1) is 23.2. The van der Waals surface area contributed by atoms with Gasteiger partial charge in [-0.05, 0) is 18.1 Å². The molecule has 0 atom stereocenters. The van der Waals surface area contributed by atoms with Crippen LogP contribution in [-0.2, 0) is 21.5 Å². The Balaban J connectivity index is 0. The number of carbonyl (C=O) groups is 1. The predicted molar refractivity (Wildman–Crippen MR) is 62.4 cm³/mol. The maximum Gasteiger partial charge on any atom is 1.00 e. The van der Waals surface area contributed by atoms with Crippen molar-refractivity contribution in [1.29, 1.82) is 0 Å². The molecule has 7 nitrogen and oxygen atoms in total. The molecule has 0 N–H and O–H groups in total. The Morgan fingerprint density at radius 2 is 1.71 bits per heavy atom. The summed E-state index contributed by atoms with van der Waals surface area (Å²) < 4.78 is 33.7. The molecule has 0 saturated heterocycles. The zero-order valence-electron chi connectivity index (χ0n) is 11.9. The molecule has 1 aromatic rings. The number of benzene rings is 1. The largest absolute Gasteiger partial charge is 1.00 e. The van der Waals surface area contributed by atoms with Crippen LogP contribution in [0.5, 0.6) is 0 Å². The summed E-state index contributed by atoms with van der Waals surface area (Å²) in [6.07, 6.45) is 0.0275. The van der Waals surface area contributed by atoms with Gasteiger partial charge in [0.25, 0.3) is 0 Å². The number of rotatable bonds is 5. The van der Waals surface area contributed by atoms with Crippen LogP contribution in [0.25, 0.3) is 0 Å². The molecular weight excluding hydrogens is 318 g/mol. The van der Waals surface area contributed by atoms with E-state index in [1.165, 1.54) is 6.92 Å². The Bertz CT molecular complexity index is 629. The average molecular weight is 328 g/mol. The minimum Gasteiger partial charge on any atom is -0.728 e. The Kier molecular flexibility index (Phi) is 11.7. The van der Waals surface area contributed by atoms with Gasteiger partial charge in [0, 0.05) is 6.42 Å². The van der Waals surface area contributed by atoms with Crippen LogP contribution in [0, 0.1) is 0 Å². The number of carboxylic acid groups (broad SMARTS) is 1. The molecule has 0 fully saturated rings. The van der Waals surface area contributed by atoms with Gasteiger partial charge in [-0.15, -0.1) is 5.11 Å². The van der Waals surface area contributed by atoms with Gasteiger partial charge in [-0.25, -0.2) is 8.42 Å². The van der Waals surface area contributed by atoms with Crippen LogP contribution >= 0.6 is 0 Å². The third kappa shape index (κ3) is 9.54. The van der Waals surface area contributed by atoms with Crippen molar-refractivity contribution in [2.75, 3.05) is 0 Å². The van der Waals surface area contributed by atoms with Crippen molar-refractivity contribution < 1.29 is 82.0 Å². The van der Waals surface area contributed by atoms with E-state index >= 15 is 0 Å². The standard InChI is InChI=1S/C11H12N2O5S.2Na/c1-8(11(14)15)10(12-13-19(16,17)18)7-9-5-3-2-4-6-9;;/h2-6H,7H2,1H3,(H,14,15)(H,16,17,18);;/q;2*+1/p-2. The number of carboxylic acids is 1. The van der Waals surface area contributed by atoms with E-state index in [1.54, 1.807) is 30.3 Å². The van der Waals surface area contributed by atoms with Gasteiger partial charge in [-0.3, -0.25) is 0 Å². The van der Waals surface area contributed by atoms with Gasteiger partial charge in [-0.1, -0.05) is 34.9 Å². The van der Waals surface area contributed by atoms with Crippen LogP contribution in [0.1, 0.15) is 12.5 Å². The van der Waals surface area contributed by atoms with Crippen LogP contribution in [0.2, 0.25) is 0 Å². The van der Waals surface area contributed by atoms with E-state index in [4.69, 9.17) is 0 Å². The Morgan fingerprint density at radius 3 is 2.14 bits per heavy atom. The summed E-state index contributed by atoms with van der Waals surface area (Å²) in [7, 11) is -4.91. The van der Waals surface area contributed by atoms with Gasteiger partial charge >= 0.3 is 59.1 Å². The molecule has 1 rings (SSSR count). The van der Waals surface area contributed by atoms with Crippen molar-refractivity contribution in [3.05, 3.63) is 47.2 Å². The normalized spacial score (nSPS) is 12.1. The van der Waals surface area contributed by atoms with Crippen LogP contribution < -0.4 is 64.2 Å². The Labute approximate surface area is 167 Å². The van der Waals surface area contributed by atoms with Crippen LogP contribution in [0.15, 0.2) is 51.2 Å². The summed E-state index contributed by atoms with van der Waals surface area (Å²) in [5, 5.41) is 14.0. The van der Waals surface area contributed by atoms with Crippen LogP contribution in [0.3, 0.4) is 0 Å². The summed E-state index contributed by atoms with van der Waals surface area (Å²) >= 11 is 0. The SMILES string of the molecule is CC(C(=O)[O-])=C(Cc1ccccc1)N=NS(=O)(=O)[O-].[Na+].[Na+]. The molecule has 0 heterocycles. The van der Waals surface area contributed by atoms with Gasteiger partial charge in [0.15, 0.2) is 0 Å². The van der Waals surface area contributed by atoms with E-state index in [9.17, 15) is 22.9 Å². The molecule has 0 amide bonds. The fraction of sp³-hybridized carbons (Fsp3) is 0.182. The first-order valence-electron chi connectivity index (χ1n) is 5.13. The molecule has 0 saturated carbocycles. The molecule has 0 radical (unpaired) electrons. The number of allylic oxidation sites excluding steroid dienone is 1.